The molecule has 4 N–H and O–H groups in total. The third-order valence-electron chi connectivity index (χ3n) is 4.63. The lowest BCUT2D eigenvalue weighted by molar-refractivity contribution is -1.00. The van der Waals surface area contributed by atoms with Gasteiger partial charge in [-0.3, -0.25) is 9.59 Å². The van der Waals surface area contributed by atoms with Gasteiger partial charge >= 0.3 is 0 Å². The number of halogens is 1. The maximum absolute atomic E-state index is 12.9. The topological polar surface area (TPSA) is 67.1 Å². The molecule has 0 saturated carbocycles. The highest BCUT2D eigenvalue weighted by molar-refractivity contribution is 5.91. The van der Waals surface area contributed by atoms with Crippen LogP contribution in [0.3, 0.4) is 0 Å². The summed E-state index contributed by atoms with van der Waals surface area (Å²) in [4.78, 5) is 26.5. The van der Waals surface area contributed by atoms with E-state index >= 15 is 0 Å². The molecule has 0 aromatic heterocycles. The lowest BCUT2D eigenvalue weighted by atomic mass is 10.2. The molecule has 1 atom stereocenters. The summed E-state index contributed by atoms with van der Waals surface area (Å²) in [6.45, 7) is 8.45. The molecule has 0 bridgehead atoms. The van der Waals surface area contributed by atoms with Crippen LogP contribution in [0, 0.1) is 5.82 Å². The molecule has 0 aliphatic carbocycles. The zero-order valence-electron chi connectivity index (χ0n) is 15.0. The van der Waals surface area contributed by atoms with Gasteiger partial charge in [0.05, 0.1) is 0 Å². The molecular weight excluding hydrogens is 323 g/mol. The van der Waals surface area contributed by atoms with Crippen molar-refractivity contribution < 1.29 is 23.8 Å². The first kappa shape index (κ1) is 19.3. The van der Waals surface area contributed by atoms with Gasteiger partial charge in [0.1, 0.15) is 32.0 Å². The second kappa shape index (κ2) is 9.48. The van der Waals surface area contributed by atoms with Crippen LogP contribution in [0.25, 0.3) is 0 Å². The quantitative estimate of drug-likeness (QED) is 0.481. The third-order valence-corrected chi connectivity index (χ3v) is 4.63. The average molecular weight is 352 g/mol. The fourth-order valence-electron chi connectivity index (χ4n) is 2.93. The van der Waals surface area contributed by atoms with Gasteiger partial charge in [-0.2, -0.15) is 0 Å². The summed E-state index contributed by atoms with van der Waals surface area (Å²) in [5, 5.41) is 5.78. The first-order valence-corrected chi connectivity index (χ1v) is 8.98. The van der Waals surface area contributed by atoms with E-state index in [2.05, 4.69) is 17.6 Å². The van der Waals surface area contributed by atoms with Crippen LogP contribution in [0.15, 0.2) is 24.3 Å². The van der Waals surface area contributed by atoms with Crippen molar-refractivity contribution in [1.82, 2.24) is 5.32 Å². The Balaban J connectivity index is 1.68. The van der Waals surface area contributed by atoms with Gasteiger partial charge in [-0.25, -0.2) is 4.39 Å². The van der Waals surface area contributed by atoms with E-state index in [0.717, 1.165) is 32.6 Å². The van der Waals surface area contributed by atoms with Gasteiger partial charge in [-0.15, -0.1) is 0 Å². The van der Waals surface area contributed by atoms with Gasteiger partial charge in [0, 0.05) is 11.7 Å². The SMILES string of the molecule is CC[C@H](C)NC(=O)C[NH+]1CC[NH+](CC(=O)Nc2ccc(F)cc2)CC1. The largest absolute Gasteiger partial charge is 0.349 e. The monoisotopic (exact) mass is 352 g/mol. The number of hydrogen-bond donors (Lipinski definition) is 4. The smallest absolute Gasteiger partial charge is 0.279 e. The van der Waals surface area contributed by atoms with Gasteiger partial charge in [-0.1, -0.05) is 6.92 Å². The van der Waals surface area contributed by atoms with Gasteiger partial charge in [0.25, 0.3) is 11.8 Å². The molecule has 1 saturated heterocycles. The Morgan fingerprint density at radius 2 is 1.56 bits per heavy atom. The summed E-state index contributed by atoms with van der Waals surface area (Å²) in [6.07, 6.45) is 0.933. The molecule has 1 aliphatic rings. The number of quaternary nitrogens is 2. The van der Waals surface area contributed by atoms with Crippen molar-refractivity contribution in [2.45, 2.75) is 26.3 Å². The molecule has 1 aliphatic heterocycles. The predicted octanol–water partition coefficient (Wildman–Crippen LogP) is -1.54. The van der Waals surface area contributed by atoms with Gasteiger partial charge < -0.3 is 20.4 Å². The Morgan fingerprint density at radius 1 is 1.04 bits per heavy atom. The molecule has 0 spiro atoms. The summed E-state index contributed by atoms with van der Waals surface area (Å²) >= 11 is 0. The summed E-state index contributed by atoms with van der Waals surface area (Å²) in [6, 6.07) is 5.99. The Morgan fingerprint density at radius 3 is 2.08 bits per heavy atom. The van der Waals surface area contributed by atoms with Crippen LogP contribution in [-0.4, -0.2) is 57.1 Å². The van der Waals surface area contributed by atoms with E-state index < -0.39 is 0 Å². The van der Waals surface area contributed by atoms with Crippen LogP contribution in [0.5, 0.6) is 0 Å². The minimum absolute atomic E-state index is 0.0698. The van der Waals surface area contributed by atoms with Crippen LogP contribution in [0.4, 0.5) is 10.1 Å². The molecule has 2 amide bonds. The van der Waals surface area contributed by atoms with E-state index in [0.29, 0.717) is 18.8 Å². The minimum Gasteiger partial charge on any atom is -0.349 e. The molecule has 138 valence electrons. The van der Waals surface area contributed by atoms with Crippen molar-refractivity contribution in [3.8, 4) is 0 Å². The molecular formula is C18H29FN4O2+2. The maximum Gasteiger partial charge on any atom is 0.279 e. The van der Waals surface area contributed by atoms with E-state index in [1.807, 2.05) is 6.92 Å². The van der Waals surface area contributed by atoms with Gasteiger partial charge in [0.15, 0.2) is 13.1 Å². The highest BCUT2D eigenvalue weighted by atomic mass is 19.1. The van der Waals surface area contributed by atoms with Crippen molar-refractivity contribution in [3.63, 3.8) is 0 Å². The zero-order chi connectivity index (χ0) is 18.2. The van der Waals surface area contributed by atoms with Gasteiger partial charge in [0.2, 0.25) is 0 Å². The van der Waals surface area contributed by atoms with Crippen LogP contribution in [0.1, 0.15) is 20.3 Å². The van der Waals surface area contributed by atoms with E-state index in [9.17, 15) is 14.0 Å². The fourth-order valence-corrected chi connectivity index (χ4v) is 2.93. The first-order valence-electron chi connectivity index (χ1n) is 8.98. The number of carbonyl (C=O) groups excluding carboxylic acids is 2. The van der Waals surface area contributed by atoms with Crippen molar-refractivity contribution in [2.24, 2.45) is 0 Å². The molecule has 25 heavy (non-hydrogen) atoms. The first-order chi connectivity index (χ1) is 12.0. The second-order valence-electron chi connectivity index (χ2n) is 6.79. The van der Waals surface area contributed by atoms with Crippen molar-refractivity contribution in [2.75, 3.05) is 44.6 Å². The van der Waals surface area contributed by atoms with E-state index in [4.69, 9.17) is 0 Å². The second-order valence-corrected chi connectivity index (χ2v) is 6.79. The Kier molecular flexibility index (Phi) is 7.33. The number of piperazine rings is 1. The number of carbonyl (C=O) groups is 2. The lowest BCUT2D eigenvalue weighted by Gasteiger charge is -2.29. The molecule has 1 heterocycles. The van der Waals surface area contributed by atoms with E-state index in [-0.39, 0.29) is 23.7 Å². The Bertz CT molecular complexity index is 571. The van der Waals surface area contributed by atoms with Crippen molar-refractivity contribution in [3.05, 3.63) is 30.1 Å². The standard InChI is InChI=1S/C18H27FN4O2/c1-3-14(2)20-17(24)12-22-8-10-23(11-9-22)13-18(25)21-16-6-4-15(19)5-7-16/h4-7,14H,3,8-13H2,1-2H3,(H,20,24)(H,21,25)/p+2/t14-/m0/s1. The average Bonchev–Trinajstić information content (AvgIpc) is 2.58. The molecule has 1 aromatic carbocycles. The fraction of sp³-hybridized carbons (Fsp3) is 0.556. The lowest BCUT2D eigenvalue weighted by Crippen LogP contribution is -3.28. The molecule has 1 fully saturated rings. The highest BCUT2D eigenvalue weighted by Gasteiger charge is 2.26. The Labute approximate surface area is 148 Å². The third kappa shape index (κ3) is 6.80. The number of nitrogens with one attached hydrogen (secondary N) is 4. The molecule has 0 radical (unpaired) electrons. The summed E-state index contributed by atoms with van der Waals surface area (Å²) in [5.41, 5.74) is 0.608. The Hall–Kier alpha value is -1.99. The normalized spacial score (nSPS) is 21.4. The predicted molar refractivity (Wildman–Crippen MR) is 94.1 cm³/mol. The minimum atomic E-state index is -0.319. The molecule has 7 heteroatoms. The number of rotatable bonds is 7. The maximum atomic E-state index is 12.9. The highest BCUT2D eigenvalue weighted by Crippen LogP contribution is 2.07. The van der Waals surface area contributed by atoms with Crippen molar-refractivity contribution in [1.29, 1.82) is 0 Å². The number of anilines is 1. The number of amides is 2. The number of benzene rings is 1. The zero-order valence-corrected chi connectivity index (χ0v) is 15.0. The molecule has 2 rings (SSSR count). The van der Waals surface area contributed by atoms with Crippen LogP contribution in [-0.2, 0) is 9.59 Å². The molecule has 0 unspecified atom stereocenters. The number of hydrogen-bond acceptors (Lipinski definition) is 2. The molecule has 1 aromatic rings. The summed E-state index contributed by atoms with van der Waals surface area (Å²) in [5.74, 6) is -0.290. The molecule has 6 nitrogen and oxygen atoms in total. The summed E-state index contributed by atoms with van der Waals surface area (Å²) < 4.78 is 12.9. The summed E-state index contributed by atoms with van der Waals surface area (Å²) in [7, 11) is 0. The van der Waals surface area contributed by atoms with Gasteiger partial charge in [-0.05, 0) is 37.6 Å². The van der Waals surface area contributed by atoms with Crippen LogP contribution in [0.2, 0.25) is 0 Å². The van der Waals surface area contributed by atoms with E-state index in [1.54, 1.807) is 12.1 Å². The van der Waals surface area contributed by atoms with Crippen LogP contribution >= 0.6 is 0 Å². The van der Waals surface area contributed by atoms with E-state index in [1.165, 1.54) is 21.9 Å². The van der Waals surface area contributed by atoms with Crippen LogP contribution < -0.4 is 20.4 Å². The van der Waals surface area contributed by atoms with Crippen molar-refractivity contribution >= 4 is 17.5 Å².